The Kier molecular flexibility index (Phi) is 7.89. The number of carbonyl (C=O) groups excluding carboxylic acids is 1. The van der Waals surface area contributed by atoms with Crippen molar-refractivity contribution >= 4 is 28.2 Å². The van der Waals surface area contributed by atoms with Crippen molar-refractivity contribution in [2.45, 2.75) is 26.2 Å². The van der Waals surface area contributed by atoms with Crippen LogP contribution in [0.3, 0.4) is 0 Å². The first-order valence-corrected chi connectivity index (χ1v) is 13.4. The van der Waals surface area contributed by atoms with E-state index >= 15 is 0 Å². The van der Waals surface area contributed by atoms with E-state index in [1.807, 2.05) is 67.6 Å². The van der Waals surface area contributed by atoms with Gasteiger partial charge in [-0.15, -0.1) is 0 Å². The number of carbonyl (C=O) groups is 1. The Morgan fingerprint density at radius 2 is 1.74 bits per heavy atom. The van der Waals surface area contributed by atoms with Crippen LogP contribution in [-0.4, -0.2) is 49.1 Å². The van der Waals surface area contributed by atoms with E-state index in [2.05, 4.69) is 44.8 Å². The lowest BCUT2D eigenvalue weighted by molar-refractivity contribution is -0.133. The van der Waals surface area contributed by atoms with Crippen molar-refractivity contribution in [2.24, 2.45) is 5.41 Å². The van der Waals surface area contributed by atoms with E-state index in [1.165, 1.54) is 5.56 Å². The topological polar surface area (TPSA) is 66.5 Å². The van der Waals surface area contributed by atoms with Crippen molar-refractivity contribution in [1.29, 1.82) is 0 Å². The van der Waals surface area contributed by atoms with Crippen LogP contribution in [0, 0.1) is 12.3 Å². The van der Waals surface area contributed by atoms with Crippen molar-refractivity contribution in [3.63, 3.8) is 0 Å². The fourth-order valence-corrected chi connectivity index (χ4v) is 5.46. The van der Waals surface area contributed by atoms with Crippen LogP contribution in [0.25, 0.3) is 10.9 Å². The molecule has 0 aliphatic carbocycles. The number of nitrogens with one attached hydrogen (secondary N) is 2. The number of pyridine rings is 1. The summed E-state index contributed by atoms with van der Waals surface area (Å²) in [4.78, 5) is 19.9. The summed E-state index contributed by atoms with van der Waals surface area (Å²) in [6.45, 7) is 5.23. The molecule has 1 aliphatic heterocycles. The molecule has 38 heavy (non-hydrogen) atoms. The van der Waals surface area contributed by atoms with Gasteiger partial charge in [0.1, 0.15) is 12.4 Å². The second-order valence-electron chi connectivity index (χ2n) is 10.2. The SMILES string of the molecule is CNC(=O)C1(Cc2ccccc2)CCN(CCOc2cccc(Nc3cc(C)nc4ccccc34)c2)CC1. The highest BCUT2D eigenvalue weighted by atomic mass is 16.5. The number of aromatic nitrogens is 1. The molecule has 2 heterocycles. The molecule has 1 saturated heterocycles. The molecule has 1 aromatic heterocycles. The van der Waals surface area contributed by atoms with Crippen LogP contribution in [0.1, 0.15) is 24.1 Å². The van der Waals surface area contributed by atoms with Crippen molar-refractivity contribution in [2.75, 3.05) is 38.6 Å². The molecule has 0 spiro atoms. The quantitative estimate of drug-likeness (QED) is 0.302. The van der Waals surface area contributed by atoms with E-state index in [9.17, 15) is 4.79 Å². The molecule has 0 saturated carbocycles. The van der Waals surface area contributed by atoms with Crippen LogP contribution in [-0.2, 0) is 11.2 Å². The Balaban J connectivity index is 1.16. The number of aryl methyl sites for hydroxylation is 1. The minimum absolute atomic E-state index is 0.152. The normalized spacial score (nSPS) is 15.2. The van der Waals surface area contributed by atoms with E-state index < -0.39 is 0 Å². The largest absolute Gasteiger partial charge is 0.492 e. The Morgan fingerprint density at radius 1 is 0.974 bits per heavy atom. The van der Waals surface area contributed by atoms with Crippen molar-refractivity contribution in [1.82, 2.24) is 15.2 Å². The summed E-state index contributed by atoms with van der Waals surface area (Å²) in [5.41, 5.74) is 4.85. The van der Waals surface area contributed by atoms with Gasteiger partial charge in [-0.2, -0.15) is 0 Å². The number of hydrogen-bond donors (Lipinski definition) is 2. The summed E-state index contributed by atoms with van der Waals surface area (Å²) < 4.78 is 6.14. The molecule has 3 aromatic carbocycles. The highest BCUT2D eigenvalue weighted by molar-refractivity contribution is 5.93. The minimum Gasteiger partial charge on any atom is -0.492 e. The number of hydrogen-bond acceptors (Lipinski definition) is 5. The monoisotopic (exact) mass is 508 g/mol. The van der Waals surface area contributed by atoms with Gasteiger partial charge in [0.05, 0.1) is 10.9 Å². The summed E-state index contributed by atoms with van der Waals surface area (Å²) in [7, 11) is 1.75. The van der Waals surface area contributed by atoms with Gasteiger partial charge in [-0.05, 0) is 69.1 Å². The molecule has 0 radical (unpaired) electrons. The number of amides is 1. The summed E-state index contributed by atoms with van der Waals surface area (Å²) in [5.74, 6) is 0.990. The predicted octanol–water partition coefficient (Wildman–Crippen LogP) is 5.74. The Labute approximate surface area is 225 Å². The first-order chi connectivity index (χ1) is 18.5. The third-order valence-electron chi connectivity index (χ3n) is 7.54. The van der Waals surface area contributed by atoms with Gasteiger partial charge in [0.2, 0.25) is 5.91 Å². The van der Waals surface area contributed by atoms with Gasteiger partial charge in [0.15, 0.2) is 0 Å². The highest BCUT2D eigenvalue weighted by Gasteiger charge is 2.40. The summed E-state index contributed by atoms with van der Waals surface area (Å²) in [5, 5.41) is 7.56. The Bertz CT molecular complexity index is 1380. The number of anilines is 2. The van der Waals surface area contributed by atoms with Crippen LogP contribution in [0.5, 0.6) is 5.75 Å². The highest BCUT2D eigenvalue weighted by Crippen LogP contribution is 2.35. The molecule has 0 unspecified atom stereocenters. The third kappa shape index (κ3) is 5.97. The molecule has 1 aliphatic rings. The van der Waals surface area contributed by atoms with Crippen LogP contribution in [0.4, 0.5) is 11.4 Å². The van der Waals surface area contributed by atoms with Crippen molar-refractivity contribution < 1.29 is 9.53 Å². The number of rotatable bonds is 9. The van der Waals surface area contributed by atoms with Crippen molar-refractivity contribution in [3.05, 3.63) is 96.2 Å². The number of para-hydroxylation sites is 1. The second-order valence-corrected chi connectivity index (χ2v) is 10.2. The lowest BCUT2D eigenvalue weighted by atomic mass is 9.73. The molecular weight excluding hydrogens is 472 g/mol. The van der Waals surface area contributed by atoms with Gasteiger partial charge >= 0.3 is 0 Å². The van der Waals surface area contributed by atoms with E-state index in [-0.39, 0.29) is 11.3 Å². The Morgan fingerprint density at radius 3 is 2.53 bits per heavy atom. The first-order valence-electron chi connectivity index (χ1n) is 13.4. The summed E-state index contributed by atoms with van der Waals surface area (Å²) in [6.07, 6.45) is 2.48. The number of piperidine rings is 1. The van der Waals surface area contributed by atoms with Crippen LogP contribution in [0.2, 0.25) is 0 Å². The Hall–Kier alpha value is -3.90. The number of fused-ring (bicyclic) bond motifs is 1. The molecule has 5 rings (SSSR count). The molecule has 2 N–H and O–H groups in total. The second kappa shape index (κ2) is 11.7. The fraction of sp³-hybridized carbons (Fsp3) is 0.312. The first kappa shape index (κ1) is 25.7. The average Bonchev–Trinajstić information content (AvgIpc) is 2.94. The van der Waals surface area contributed by atoms with E-state index in [0.29, 0.717) is 6.61 Å². The molecule has 0 bridgehead atoms. The van der Waals surface area contributed by atoms with Gasteiger partial charge in [0.25, 0.3) is 0 Å². The van der Waals surface area contributed by atoms with Crippen LogP contribution in [0.15, 0.2) is 84.9 Å². The maximum Gasteiger partial charge on any atom is 0.226 e. The molecule has 6 heteroatoms. The molecule has 1 fully saturated rings. The third-order valence-corrected chi connectivity index (χ3v) is 7.54. The zero-order chi connectivity index (χ0) is 26.4. The molecule has 196 valence electrons. The summed E-state index contributed by atoms with van der Waals surface area (Å²) in [6, 6.07) is 28.7. The fourth-order valence-electron chi connectivity index (χ4n) is 5.46. The zero-order valence-electron chi connectivity index (χ0n) is 22.2. The van der Waals surface area contributed by atoms with Gasteiger partial charge in [-0.1, -0.05) is 54.6 Å². The molecule has 6 nitrogen and oxygen atoms in total. The number of likely N-dealkylation sites (tertiary alicyclic amines) is 1. The molecule has 0 atom stereocenters. The number of ether oxygens (including phenoxy) is 1. The van der Waals surface area contributed by atoms with Gasteiger partial charge in [0, 0.05) is 42.1 Å². The van der Waals surface area contributed by atoms with E-state index in [1.54, 1.807) is 7.05 Å². The number of benzene rings is 3. The molecule has 4 aromatic rings. The van der Waals surface area contributed by atoms with Crippen molar-refractivity contribution in [3.8, 4) is 5.75 Å². The van der Waals surface area contributed by atoms with E-state index in [0.717, 1.165) is 72.6 Å². The van der Waals surface area contributed by atoms with Crippen LogP contribution >= 0.6 is 0 Å². The summed E-state index contributed by atoms with van der Waals surface area (Å²) >= 11 is 0. The zero-order valence-corrected chi connectivity index (χ0v) is 22.2. The average molecular weight is 509 g/mol. The maximum atomic E-state index is 12.9. The number of nitrogens with zero attached hydrogens (tertiary/aromatic N) is 2. The minimum atomic E-state index is -0.344. The lowest BCUT2D eigenvalue weighted by Gasteiger charge is -2.40. The molecular formula is C32H36N4O2. The van der Waals surface area contributed by atoms with Crippen LogP contribution < -0.4 is 15.4 Å². The molecule has 1 amide bonds. The maximum absolute atomic E-state index is 12.9. The predicted molar refractivity (Wildman–Crippen MR) is 154 cm³/mol. The van der Waals surface area contributed by atoms with Gasteiger partial charge < -0.3 is 15.4 Å². The lowest BCUT2D eigenvalue weighted by Crippen LogP contribution is -2.49. The van der Waals surface area contributed by atoms with Gasteiger partial charge in [-0.3, -0.25) is 14.7 Å². The standard InChI is InChI=1S/C32H36N4O2/c1-24-21-30(28-13-6-7-14-29(28)34-24)35-26-11-8-12-27(22-26)38-20-19-36-17-15-32(16-18-36,31(37)33-2)23-25-9-4-3-5-10-25/h3-14,21-22H,15-20,23H2,1-2H3,(H,33,37)(H,34,35). The smallest absolute Gasteiger partial charge is 0.226 e. The van der Waals surface area contributed by atoms with Gasteiger partial charge in [-0.25, -0.2) is 0 Å². The van der Waals surface area contributed by atoms with E-state index in [4.69, 9.17) is 4.74 Å².